The van der Waals surface area contributed by atoms with E-state index in [-0.39, 0.29) is 0 Å². The zero-order chi connectivity index (χ0) is 12.1. The standard InChI is InChI=1S/C10H12N2O3S/c1-3-7-6(2)16-10(11-7)12-8(13)4-5-9(14)15/h4-5H,3H2,1-2H3,(H,14,15)(H,11,12,13). The monoisotopic (exact) mass is 240 g/mol. The van der Waals surface area contributed by atoms with Crippen LogP contribution in [0.4, 0.5) is 5.13 Å². The number of aryl methyl sites for hydroxylation is 2. The largest absolute Gasteiger partial charge is 0.478 e. The van der Waals surface area contributed by atoms with Crippen LogP contribution in [0.5, 0.6) is 0 Å². The van der Waals surface area contributed by atoms with Crippen LogP contribution < -0.4 is 5.32 Å². The van der Waals surface area contributed by atoms with Crippen LogP contribution in [0.1, 0.15) is 17.5 Å². The summed E-state index contributed by atoms with van der Waals surface area (Å²) in [5.74, 6) is -1.64. The number of hydrogen-bond acceptors (Lipinski definition) is 4. The molecule has 0 aliphatic rings. The molecule has 1 heterocycles. The van der Waals surface area contributed by atoms with Crippen molar-refractivity contribution in [2.75, 3.05) is 5.32 Å². The van der Waals surface area contributed by atoms with Crippen molar-refractivity contribution >= 4 is 28.3 Å². The quantitative estimate of drug-likeness (QED) is 0.783. The third-order valence-corrected chi connectivity index (χ3v) is 2.76. The maximum atomic E-state index is 11.2. The van der Waals surface area contributed by atoms with E-state index in [9.17, 15) is 9.59 Å². The van der Waals surface area contributed by atoms with Crippen molar-refractivity contribution in [1.29, 1.82) is 0 Å². The smallest absolute Gasteiger partial charge is 0.328 e. The highest BCUT2D eigenvalue weighted by Gasteiger charge is 2.07. The molecular formula is C10H12N2O3S. The zero-order valence-corrected chi connectivity index (χ0v) is 9.80. The SMILES string of the molecule is CCc1nc(NC(=O)C=CC(=O)O)sc1C. The van der Waals surface area contributed by atoms with Crippen molar-refractivity contribution < 1.29 is 14.7 Å². The van der Waals surface area contributed by atoms with E-state index in [0.717, 1.165) is 29.1 Å². The highest BCUT2D eigenvalue weighted by atomic mass is 32.1. The molecule has 0 bridgehead atoms. The van der Waals surface area contributed by atoms with E-state index < -0.39 is 11.9 Å². The Labute approximate surface area is 96.8 Å². The summed E-state index contributed by atoms with van der Waals surface area (Å²) in [5.41, 5.74) is 0.947. The fraction of sp³-hybridized carbons (Fsp3) is 0.300. The Balaban J connectivity index is 2.66. The number of hydrogen-bond donors (Lipinski definition) is 2. The zero-order valence-electron chi connectivity index (χ0n) is 8.98. The number of carbonyl (C=O) groups excluding carboxylic acids is 1. The summed E-state index contributed by atoms with van der Waals surface area (Å²) in [6.07, 6.45) is 2.56. The van der Waals surface area contributed by atoms with Gasteiger partial charge in [-0.3, -0.25) is 10.1 Å². The van der Waals surface area contributed by atoms with Gasteiger partial charge in [0.1, 0.15) is 0 Å². The predicted molar refractivity (Wildman–Crippen MR) is 61.6 cm³/mol. The van der Waals surface area contributed by atoms with Crippen LogP contribution in [0, 0.1) is 6.92 Å². The molecule has 1 aromatic heterocycles. The Bertz CT molecular complexity index is 437. The molecule has 0 saturated carbocycles. The van der Waals surface area contributed by atoms with E-state index in [1.807, 2.05) is 13.8 Å². The summed E-state index contributed by atoms with van der Waals surface area (Å²) < 4.78 is 0. The molecule has 1 rings (SSSR count). The Kier molecular flexibility index (Phi) is 4.19. The van der Waals surface area contributed by atoms with Gasteiger partial charge in [0, 0.05) is 17.0 Å². The number of rotatable bonds is 4. The molecule has 0 unspecified atom stereocenters. The van der Waals surface area contributed by atoms with Crippen LogP contribution in [0.3, 0.4) is 0 Å². The van der Waals surface area contributed by atoms with E-state index in [1.54, 1.807) is 0 Å². The van der Waals surface area contributed by atoms with Crippen molar-refractivity contribution in [3.63, 3.8) is 0 Å². The number of thiazole rings is 1. The van der Waals surface area contributed by atoms with Crippen LogP contribution in [0.15, 0.2) is 12.2 Å². The van der Waals surface area contributed by atoms with Gasteiger partial charge < -0.3 is 5.11 Å². The molecule has 6 heteroatoms. The molecule has 0 radical (unpaired) electrons. The number of anilines is 1. The van der Waals surface area contributed by atoms with Crippen molar-refractivity contribution in [1.82, 2.24) is 4.98 Å². The molecule has 0 saturated heterocycles. The third kappa shape index (κ3) is 3.47. The highest BCUT2D eigenvalue weighted by Crippen LogP contribution is 2.22. The van der Waals surface area contributed by atoms with Crippen LogP contribution in [-0.4, -0.2) is 22.0 Å². The van der Waals surface area contributed by atoms with Gasteiger partial charge in [-0.1, -0.05) is 6.92 Å². The molecule has 0 atom stereocenters. The van der Waals surface area contributed by atoms with E-state index in [4.69, 9.17) is 5.11 Å². The van der Waals surface area contributed by atoms with Gasteiger partial charge >= 0.3 is 5.97 Å². The van der Waals surface area contributed by atoms with Crippen LogP contribution in [0.25, 0.3) is 0 Å². The Morgan fingerprint density at radius 3 is 2.69 bits per heavy atom. The minimum Gasteiger partial charge on any atom is -0.478 e. The molecule has 16 heavy (non-hydrogen) atoms. The van der Waals surface area contributed by atoms with Gasteiger partial charge in [0.15, 0.2) is 5.13 Å². The van der Waals surface area contributed by atoms with Gasteiger partial charge in [-0.05, 0) is 13.3 Å². The molecule has 2 N–H and O–H groups in total. The molecule has 0 spiro atoms. The average molecular weight is 240 g/mol. The van der Waals surface area contributed by atoms with Gasteiger partial charge in [-0.2, -0.15) is 0 Å². The second-order valence-electron chi connectivity index (χ2n) is 3.04. The maximum Gasteiger partial charge on any atom is 0.328 e. The summed E-state index contributed by atoms with van der Waals surface area (Å²) in [5, 5.41) is 11.3. The van der Waals surface area contributed by atoms with Crippen molar-refractivity contribution in [2.24, 2.45) is 0 Å². The van der Waals surface area contributed by atoms with Crippen molar-refractivity contribution in [3.8, 4) is 0 Å². The first kappa shape index (κ1) is 12.4. The molecule has 1 amide bonds. The second kappa shape index (κ2) is 5.41. The van der Waals surface area contributed by atoms with Crippen LogP contribution in [-0.2, 0) is 16.0 Å². The van der Waals surface area contributed by atoms with Crippen molar-refractivity contribution in [3.05, 3.63) is 22.7 Å². The minimum atomic E-state index is -1.15. The number of amides is 1. The Morgan fingerprint density at radius 2 is 2.19 bits per heavy atom. The molecular weight excluding hydrogens is 228 g/mol. The van der Waals surface area contributed by atoms with Gasteiger partial charge in [-0.15, -0.1) is 11.3 Å². The number of aliphatic carboxylic acids is 1. The van der Waals surface area contributed by atoms with E-state index in [1.165, 1.54) is 11.3 Å². The number of nitrogens with zero attached hydrogens (tertiary/aromatic N) is 1. The fourth-order valence-electron chi connectivity index (χ4n) is 1.10. The summed E-state index contributed by atoms with van der Waals surface area (Å²) >= 11 is 1.38. The lowest BCUT2D eigenvalue weighted by molar-refractivity contribution is -0.131. The second-order valence-corrected chi connectivity index (χ2v) is 4.24. The average Bonchev–Trinajstić information content (AvgIpc) is 2.55. The fourth-order valence-corrected chi connectivity index (χ4v) is 2.01. The number of carboxylic acids is 1. The number of nitrogens with one attached hydrogen (secondary N) is 1. The van der Waals surface area contributed by atoms with Crippen molar-refractivity contribution in [2.45, 2.75) is 20.3 Å². The highest BCUT2D eigenvalue weighted by molar-refractivity contribution is 7.15. The number of carbonyl (C=O) groups is 2. The maximum absolute atomic E-state index is 11.2. The normalized spacial score (nSPS) is 10.6. The lowest BCUT2D eigenvalue weighted by Crippen LogP contribution is -2.08. The van der Waals surface area contributed by atoms with Gasteiger partial charge in [0.2, 0.25) is 5.91 Å². The lowest BCUT2D eigenvalue weighted by Gasteiger charge is -1.94. The predicted octanol–water partition coefficient (Wildman–Crippen LogP) is 1.59. The lowest BCUT2D eigenvalue weighted by atomic mass is 10.3. The molecule has 0 aliphatic carbocycles. The molecule has 86 valence electrons. The van der Waals surface area contributed by atoms with E-state index >= 15 is 0 Å². The van der Waals surface area contributed by atoms with E-state index in [0.29, 0.717) is 5.13 Å². The summed E-state index contributed by atoms with van der Waals surface area (Å²) in [7, 11) is 0. The molecule has 0 fully saturated rings. The van der Waals surface area contributed by atoms with Gasteiger partial charge in [0.05, 0.1) is 5.69 Å². The summed E-state index contributed by atoms with van der Waals surface area (Å²) in [6, 6.07) is 0. The molecule has 1 aromatic rings. The van der Waals surface area contributed by atoms with Crippen LogP contribution in [0.2, 0.25) is 0 Å². The summed E-state index contributed by atoms with van der Waals surface area (Å²) in [6.45, 7) is 3.91. The summed E-state index contributed by atoms with van der Waals surface area (Å²) in [4.78, 5) is 26.7. The molecule has 0 aromatic carbocycles. The number of aromatic nitrogens is 1. The number of carboxylic acid groups (broad SMARTS) is 1. The first-order valence-corrected chi connectivity index (χ1v) is 5.53. The first-order chi connectivity index (χ1) is 7.52. The molecule has 0 aliphatic heterocycles. The topological polar surface area (TPSA) is 79.3 Å². The Morgan fingerprint density at radius 1 is 1.50 bits per heavy atom. The Hall–Kier alpha value is -1.69. The van der Waals surface area contributed by atoms with Gasteiger partial charge in [0.25, 0.3) is 0 Å². The molecule has 5 nitrogen and oxygen atoms in total. The van der Waals surface area contributed by atoms with E-state index in [2.05, 4.69) is 10.3 Å². The minimum absolute atomic E-state index is 0.487. The van der Waals surface area contributed by atoms with Crippen LogP contribution >= 0.6 is 11.3 Å². The van der Waals surface area contributed by atoms with Gasteiger partial charge in [-0.25, -0.2) is 9.78 Å². The first-order valence-electron chi connectivity index (χ1n) is 4.71. The third-order valence-electron chi connectivity index (χ3n) is 1.83.